The summed E-state index contributed by atoms with van der Waals surface area (Å²) in [5.74, 6) is 1.56. The summed E-state index contributed by atoms with van der Waals surface area (Å²) < 4.78 is 14.0. The lowest BCUT2D eigenvalue weighted by molar-refractivity contribution is 0.197. The highest BCUT2D eigenvalue weighted by Crippen LogP contribution is 2.29. The van der Waals surface area contributed by atoms with Crippen LogP contribution in [0.3, 0.4) is 0 Å². The number of rotatable bonds is 5. The number of hydrogen-bond donors (Lipinski definition) is 0. The first-order valence-corrected chi connectivity index (χ1v) is 12.1. The minimum atomic E-state index is -0.272. The predicted molar refractivity (Wildman–Crippen MR) is 143 cm³/mol. The molecule has 2 heterocycles. The predicted octanol–water partition coefficient (Wildman–Crippen LogP) is 6.88. The molecule has 0 fully saturated rings. The van der Waals surface area contributed by atoms with E-state index < -0.39 is 0 Å². The number of fused-ring (bicyclic) bond motifs is 2. The molecule has 35 heavy (non-hydrogen) atoms. The number of ether oxygens (including phenoxy) is 1. The van der Waals surface area contributed by atoms with E-state index in [9.17, 15) is 4.79 Å². The second-order valence-electron chi connectivity index (χ2n) is 9.50. The Kier molecular flexibility index (Phi) is 6.03. The molecular formula is C28H24BrN3O3. The van der Waals surface area contributed by atoms with Crippen LogP contribution in [0.2, 0.25) is 0 Å². The first-order chi connectivity index (χ1) is 16.8. The van der Waals surface area contributed by atoms with E-state index in [2.05, 4.69) is 41.8 Å². The Morgan fingerprint density at radius 2 is 1.83 bits per heavy atom. The molecule has 176 valence electrons. The fourth-order valence-electron chi connectivity index (χ4n) is 3.62. The highest BCUT2D eigenvalue weighted by Gasteiger charge is 2.16. The van der Waals surface area contributed by atoms with Gasteiger partial charge in [-0.05, 0) is 69.4 Å². The summed E-state index contributed by atoms with van der Waals surface area (Å²) in [6.07, 6.45) is 1.63. The summed E-state index contributed by atoms with van der Waals surface area (Å²) in [4.78, 5) is 18.1. The maximum Gasteiger partial charge on any atom is 0.282 e. The SMILES string of the molecule is CC(C)(C)COc1ccc(C=Nn2c(-c3cc4ccccc4o3)nc3ccccc3c2=O)cc1Br. The van der Waals surface area contributed by atoms with E-state index in [0.717, 1.165) is 26.8 Å². The molecule has 5 rings (SSSR count). The molecule has 3 aromatic carbocycles. The number of furan rings is 1. The molecule has 0 aliphatic heterocycles. The molecule has 0 atom stereocenters. The molecule has 0 aliphatic rings. The molecule has 7 heteroatoms. The van der Waals surface area contributed by atoms with Gasteiger partial charge in [-0.15, -0.1) is 0 Å². The first kappa shape index (κ1) is 23.1. The minimum absolute atomic E-state index is 0.0525. The van der Waals surface area contributed by atoms with Crippen molar-refractivity contribution in [1.82, 2.24) is 9.66 Å². The molecule has 0 radical (unpaired) electrons. The second kappa shape index (κ2) is 9.15. The van der Waals surface area contributed by atoms with Gasteiger partial charge in [-0.25, -0.2) is 4.98 Å². The maximum absolute atomic E-state index is 13.4. The lowest BCUT2D eigenvalue weighted by Crippen LogP contribution is -2.20. The van der Waals surface area contributed by atoms with Crippen LogP contribution < -0.4 is 10.3 Å². The van der Waals surface area contributed by atoms with Crippen LogP contribution in [0.4, 0.5) is 0 Å². The molecule has 2 aromatic heterocycles. The van der Waals surface area contributed by atoms with E-state index in [0.29, 0.717) is 29.1 Å². The number of hydrogen-bond acceptors (Lipinski definition) is 5. The number of aromatic nitrogens is 2. The second-order valence-corrected chi connectivity index (χ2v) is 10.4. The van der Waals surface area contributed by atoms with E-state index in [1.54, 1.807) is 12.3 Å². The number of halogens is 1. The largest absolute Gasteiger partial charge is 0.492 e. The van der Waals surface area contributed by atoms with Crippen LogP contribution in [-0.4, -0.2) is 22.5 Å². The fraction of sp³-hybridized carbons (Fsp3) is 0.179. The summed E-state index contributed by atoms with van der Waals surface area (Å²) in [6.45, 7) is 6.96. The van der Waals surface area contributed by atoms with Gasteiger partial charge in [0.2, 0.25) is 5.82 Å². The third kappa shape index (κ3) is 4.91. The van der Waals surface area contributed by atoms with Crippen LogP contribution >= 0.6 is 15.9 Å². The Bertz CT molecular complexity index is 1590. The van der Waals surface area contributed by atoms with Gasteiger partial charge >= 0.3 is 0 Å². The van der Waals surface area contributed by atoms with Crippen molar-refractivity contribution in [3.63, 3.8) is 0 Å². The summed E-state index contributed by atoms with van der Waals surface area (Å²) in [5.41, 5.74) is 1.89. The molecule has 0 amide bonds. The molecule has 0 aliphatic carbocycles. The number of para-hydroxylation sites is 2. The van der Waals surface area contributed by atoms with Crippen molar-refractivity contribution in [3.05, 3.63) is 93.2 Å². The Balaban J connectivity index is 1.57. The number of benzene rings is 3. The van der Waals surface area contributed by atoms with E-state index in [1.807, 2.05) is 66.7 Å². The molecule has 6 nitrogen and oxygen atoms in total. The third-order valence-corrected chi connectivity index (χ3v) is 5.96. The molecule has 0 N–H and O–H groups in total. The lowest BCUT2D eigenvalue weighted by atomic mass is 9.99. The van der Waals surface area contributed by atoms with E-state index >= 15 is 0 Å². The Labute approximate surface area is 211 Å². The van der Waals surface area contributed by atoms with Crippen molar-refractivity contribution in [2.45, 2.75) is 20.8 Å². The molecule has 5 aromatic rings. The highest BCUT2D eigenvalue weighted by molar-refractivity contribution is 9.10. The zero-order valence-electron chi connectivity index (χ0n) is 19.7. The van der Waals surface area contributed by atoms with Gasteiger partial charge in [-0.2, -0.15) is 9.78 Å². The summed E-state index contributed by atoms with van der Waals surface area (Å²) in [7, 11) is 0. The molecule has 0 saturated carbocycles. The Hall–Kier alpha value is -3.71. The topological polar surface area (TPSA) is 69.6 Å². The minimum Gasteiger partial charge on any atom is -0.492 e. The van der Waals surface area contributed by atoms with Gasteiger partial charge in [0, 0.05) is 5.39 Å². The summed E-state index contributed by atoms with van der Waals surface area (Å²) in [6, 6.07) is 22.5. The Morgan fingerprint density at radius 1 is 1.06 bits per heavy atom. The lowest BCUT2D eigenvalue weighted by Gasteiger charge is -2.19. The van der Waals surface area contributed by atoms with Gasteiger partial charge in [0.05, 0.1) is 28.2 Å². The van der Waals surface area contributed by atoms with Crippen LogP contribution in [0.1, 0.15) is 26.3 Å². The van der Waals surface area contributed by atoms with Crippen LogP contribution in [0.25, 0.3) is 33.5 Å². The molecule has 0 unspecified atom stereocenters. The van der Waals surface area contributed by atoms with Crippen molar-refractivity contribution >= 4 is 44.0 Å². The van der Waals surface area contributed by atoms with Gasteiger partial charge < -0.3 is 9.15 Å². The maximum atomic E-state index is 13.4. The molecule has 0 bridgehead atoms. The standard InChI is InChI=1S/C28H24BrN3O3/c1-28(2,3)17-34-24-13-12-18(14-21(24)29)16-30-32-26(25-15-19-8-4-7-11-23(19)35-25)31-22-10-6-5-9-20(22)27(32)33/h4-16H,17H2,1-3H3. The van der Waals surface area contributed by atoms with Crippen molar-refractivity contribution in [1.29, 1.82) is 0 Å². The zero-order chi connectivity index (χ0) is 24.6. The normalized spacial score (nSPS) is 12.1. The van der Waals surface area contributed by atoms with E-state index in [4.69, 9.17) is 14.1 Å². The van der Waals surface area contributed by atoms with E-state index in [1.165, 1.54) is 4.68 Å². The molecule has 0 spiro atoms. The quantitative estimate of drug-likeness (QED) is 0.232. The van der Waals surface area contributed by atoms with Gasteiger partial charge in [-0.1, -0.05) is 51.1 Å². The third-order valence-electron chi connectivity index (χ3n) is 5.34. The smallest absolute Gasteiger partial charge is 0.282 e. The fourth-order valence-corrected chi connectivity index (χ4v) is 4.13. The first-order valence-electron chi connectivity index (χ1n) is 11.3. The average molecular weight is 530 g/mol. The van der Waals surface area contributed by atoms with Gasteiger partial charge in [0.15, 0.2) is 5.76 Å². The van der Waals surface area contributed by atoms with Crippen LogP contribution in [0, 0.1) is 5.41 Å². The monoisotopic (exact) mass is 529 g/mol. The van der Waals surface area contributed by atoms with Crippen LogP contribution in [0.15, 0.2) is 91.6 Å². The van der Waals surface area contributed by atoms with Crippen LogP contribution in [-0.2, 0) is 0 Å². The summed E-state index contributed by atoms with van der Waals surface area (Å²) >= 11 is 3.58. The van der Waals surface area contributed by atoms with Gasteiger partial charge in [-0.3, -0.25) is 4.79 Å². The highest BCUT2D eigenvalue weighted by atomic mass is 79.9. The van der Waals surface area contributed by atoms with Crippen molar-refractivity contribution in [2.24, 2.45) is 10.5 Å². The molecular weight excluding hydrogens is 506 g/mol. The van der Waals surface area contributed by atoms with Crippen LogP contribution in [0.5, 0.6) is 5.75 Å². The number of nitrogens with zero attached hydrogens (tertiary/aromatic N) is 3. The van der Waals surface area contributed by atoms with Gasteiger partial charge in [0.25, 0.3) is 5.56 Å². The summed E-state index contributed by atoms with van der Waals surface area (Å²) in [5, 5.41) is 5.93. The van der Waals surface area contributed by atoms with E-state index in [-0.39, 0.29) is 11.0 Å². The average Bonchev–Trinajstić information content (AvgIpc) is 3.26. The van der Waals surface area contributed by atoms with Crippen molar-refractivity contribution in [2.75, 3.05) is 6.61 Å². The van der Waals surface area contributed by atoms with Crippen molar-refractivity contribution in [3.8, 4) is 17.3 Å². The Morgan fingerprint density at radius 3 is 2.60 bits per heavy atom. The van der Waals surface area contributed by atoms with Crippen molar-refractivity contribution < 1.29 is 9.15 Å². The van der Waals surface area contributed by atoms with Gasteiger partial charge in [0.1, 0.15) is 11.3 Å². The zero-order valence-corrected chi connectivity index (χ0v) is 21.2. The molecule has 0 saturated heterocycles.